The molecule has 2 aliphatic heterocycles. The molecule has 0 aromatic carbocycles. The molecule has 0 amide bonds. The number of aryl methyl sites for hydroxylation is 1. The van der Waals surface area contributed by atoms with Gasteiger partial charge in [0, 0.05) is 17.6 Å². The molecule has 2 saturated heterocycles. The van der Waals surface area contributed by atoms with Gasteiger partial charge in [0.25, 0.3) is 0 Å². The molecule has 110 valence electrons. The number of aliphatic hydroxyl groups excluding tert-OH is 1. The van der Waals surface area contributed by atoms with Gasteiger partial charge in [-0.1, -0.05) is 0 Å². The minimum atomic E-state index is -0.425. The first kappa shape index (κ1) is 13.6. The summed E-state index contributed by atoms with van der Waals surface area (Å²) in [6, 6.07) is 2.79. The molecule has 2 atom stereocenters. The topological polar surface area (TPSA) is 62.9 Å². The van der Waals surface area contributed by atoms with Crippen LogP contribution in [0, 0.1) is 6.92 Å². The Bertz CT molecular complexity index is 496. The van der Waals surface area contributed by atoms with Crippen LogP contribution in [0.1, 0.15) is 47.6 Å². The first-order chi connectivity index (χ1) is 9.58. The highest BCUT2D eigenvalue weighted by Gasteiger charge is 2.40. The maximum Gasteiger partial charge on any atom is 0.374 e. The standard InChI is InChI=1S/C15H21NO4/c1-9-5-13(20-14(9)15(18)19-2)8-16-10-3-4-11(16)7-12(17)6-10/h5,10-12,17H,3-4,6-8H2,1-2H3. The maximum atomic E-state index is 11.6. The van der Waals surface area contributed by atoms with Gasteiger partial charge in [0.1, 0.15) is 5.76 Å². The van der Waals surface area contributed by atoms with Crippen LogP contribution in [0.25, 0.3) is 0 Å². The van der Waals surface area contributed by atoms with Crippen LogP contribution in [-0.4, -0.2) is 41.3 Å². The molecule has 3 heterocycles. The molecule has 0 saturated carbocycles. The van der Waals surface area contributed by atoms with E-state index in [1.54, 1.807) is 0 Å². The van der Waals surface area contributed by atoms with Gasteiger partial charge in [-0.25, -0.2) is 4.79 Å². The summed E-state index contributed by atoms with van der Waals surface area (Å²) in [5, 5.41) is 9.82. The Labute approximate surface area is 118 Å². The van der Waals surface area contributed by atoms with E-state index in [0.29, 0.717) is 24.4 Å². The summed E-state index contributed by atoms with van der Waals surface area (Å²) in [6.45, 7) is 2.56. The van der Waals surface area contributed by atoms with Gasteiger partial charge in [0.15, 0.2) is 0 Å². The minimum absolute atomic E-state index is 0.160. The number of nitrogens with zero attached hydrogens (tertiary/aromatic N) is 1. The Balaban J connectivity index is 1.74. The van der Waals surface area contributed by atoms with E-state index in [-0.39, 0.29) is 6.10 Å². The average Bonchev–Trinajstić information content (AvgIpc) is 2.88. The molecule has 2 bridgehead atoms. The van der Waals surface area contributed by atoms with E-state index in [1.807, 2.05) is 13.0 Å². The molecule has 5 heteroatoms. The SMILES string of the molecule is COC(=O)c1oc(CN2C3CCC2CC(O)C3)cc1C. The maximum absolute atomic E-state index is 11.6. The second-order valence-electron chi connectivity index (χ2n) is 5.90. The molecule has 2 aliphatic rings. The largest absolute Gasteiger partial charge is 0.463 e. The van der Waals surface area contributed by atoms with Crippen molar-refractivity contribution < 1.29 is 19.1 Å². The van der Waals surface area contributed by atoms with E-state index in [1.165, 1.54) is 7.11 Å². The van der Waals surface area contributed by atoms with E-state index in [2.05, 4.69) is 4.90 Å². The number of carbonyl (C=O) groups is 1. The van der Waals surface area contributed by atoms with Crippen molar-refractivity contribution in [2.75, 3.05) is 7.11 Å². The summed E-state index contributed by atoms with van der Waals surface area (Å²) >= 11 is 0. The molecule has 3 rings (SSSR count). The van der Waals surface area contributed by atoms with Crippen LogP contribution in [0.5, 0.6) is 0 Å². The van der Waals surface area contributed by atoms with Crippen LogP contribution in [0.2, 0.25) is 0 Å². The third kappa shape index (κ3) is 2.36. The molecule has 2 unspecified atom stereocenters. The number of esters is 1. The van der Waals surface area contributed by atoms with Crippen molar-refractivity contribution in [1.82, 2.24) is 4.90 Å². The van der Waals surface area contributed by atoms with Crippen molar-refractivity contribution in [1.29, 1.82) is 0 Å². The van der Waals surface area contributed by atoms with E-state index >= 15 is 0 Å². The van der Waals surface area contributed by atoms with Crippen LogP contribution in [0.4, 0.5) is 0 Å². The number of aliphatic hydroxyl groups is 1. The highest BCUT2D eigenvalue weighted by Crippen LogP contribution is 2.37. The monoisotopic (exact) mass is 279 g/mol. The van der Waals surface area contributed by atoms with Gasteiger partial charge in [0.2, 0.25) is 5.76 Å². The van der Waals surface area contributed by atoms with Gasteiger partial charge in [0.05, 0.1) is 19.8 Å². The van der Waals surface area contributed by atoms with Crippen molar-refractivity contribution in [3.63, 3.8) is 0 Å². The van der Waals surface area contributed by atoms with E-state index < -0.39 is 5.97 Å². The van der Waals surface area contributed by atoms with Crippen molar-refractivity contribution in [2.45, 2.75) is 57.3 Å². The summed E-state index contributed by atoms with van der Waals surface area (Å²) in [7, 11) is 1.36. The second kappa shape index (κ2) is 5.22. The first-order valence-corrected chi connectivity index (χ1v) is 7.20. The first-order valence-electron chi connectivity index (χ1n) is 7.20. The predicted octanol–water partition coefficient (Wildman–Crippen LogP) is 1.86. The van der Waals surface area contributed by atoms with E-state index in [4.69, 9.17) is 9.15 Å². The summed E-state index contributed by atoms with van der Waals surface area (Å²) in [5.41, 5.74) is 0.816. The quantitative estimate of drug-likeness (QED) is 0.856. The minimum Gasteiger partial charge on any atom is -0.463 e. The zero-order chi connectivity index (χ0) is 14.3. The fourth-order valence-corrected chi connectivity index (χ4v) is 3.60. The summed E-state index contributed by atoms with van der Waals surface area (Å²) in [4.78, 5) is 14.0. The Hall–Kier alpha value is -1.33. The lowest BCUT2D eigenvalue weighted by Gasteiger charge is -2.36. The van der Waals surface area contributed by atoms with E-state index in [0.717, 1.165) is 37.0 Å². The molecule has 5 nitrogen and oxygen atoms in total. The zero-order valence-electron chi connectivity index (χ0n) is 12.0. The number of carbonyl (C=O) groups excluding carboxylic acids is 1. The predicted molar refractivity (Wildman–Crippen MR) is 72.4 cm³/mol. The molecule has 0 radical (unpaired) electrons. The van der Waals surface area contributed by atoms with Gasteiger partial charge in [-0.15, -0.1) is 0 Å². The lowest BCUT2D eigenvalue weighted by Crippen LogP contribution is -2.43. The van der Waals surface area contributed by atoms with Gasteiger partial charge in [-0.2, -0.15) is 0 Å². The molecule has 0 aliphatic carbocycles. The Kier molecular flexibility index (Phi) is 3.56. The second-order valence-corrected chi connectivity index (χ2v) is 5.90. The number of fused-ring (bicyclic) bond motifs is 2. The summed E-state index contributed by atoms with van der Waals surface area (Å²) < 4.78 is 10.4. The summed E-state index contributed by atoms with van der Waals surface area (Å²) in [5.74, 6) is 0.675. The van der Waals surface area contributed by atoms with Crippen molar-refractivity contribution in [2.24, 2.45) is 0 Å². The van der Waals surface area contributed by atoms with Gasteiger partial charge in [-0.05, 0) is 38.7 Å². The number of ether oxygens (including phenoxy) is 1. The Morgan fingerprint density at radius 1 is 1.45 bits per heavy atom. The fraction of sp³-hybridized carbons (Fsp3) is 0.667. The average molecular weight is 279 g/mol. The van der Waals surface area contributed by atoms with Crippen molar-refractivity contribution >= 4 is 5.97 Å². The number of hydrogen-bond acceptors (Lipinski definition) is 5. The molecular formula is C15H21NO4. The molecule has 2 fully saturated rings. The zero-order valence-corrected chi connectivity index (χ0v) is 12.0. The van der Waals surface area contributed by atoms with Crippen molar-refractivity contribution in [3.05, 3.63) is 23.2 Å². The summed E-state index contributed by atoms with van der Waals surface area (Å²) in [6.07, 6.45) is 3.82. The molecule has 1 N–H and O–H groups in total. The molecular weight excluding hydrogens is 258 g/mol. The molecule has 1 aromatic heterocycles. The number of furan rings is 1. The number of hydrogen-bond donors (Lipinski definition) is 1. The highest BCUT2D eigenvalue weighted by atomic mass is 16.5. The van der Waals surface area contributed by atoms with Crippen molar-refractivity contribution in [3.8, 4) is 0 Å². The number of rotatable bonds is 3. The smallest absolute Gasteiger partial charge is 0.374 e. The van der Waals surface area contributed by atoms with Crippen LogP contribution in [0.15, 0.2) is 10.5 Å². The molecule has 0 spiro atoms. The molecule has 20 heavy (non-hydrogen) atoms. The Morgan fingerprint density at radius 3 is 2.70 bits per heavy atom. The van der Waals surface area contributed by atoms with Gasteiger partial charge < -0.3 is 14.3 Å². The van der Waals surface area contributed by atoms with Crippen LogP contribution in [-0.2, 0) is 11.3 Å². The van der Waals surface area contributed by atoms with Crippen LogP contribution < -0.4 is 0 Å². The third-order valence-corrected chi connectivity index (χ3v) is 4.54. The number of methoxy groups -OCH3 is 1. The van der Waals surface area contributed by atoms with Gasteiger partial charge in [-0.3, -0.25) is 4.90 Å². The van der Waals surface area contributed by atoms with Crippen LogP contribution in [0.3, 0.4) is 0 Å². The molecule has 1 aromatic rings. The lowest BCUT2D eigenvalue weighted by molar-refractivity contribution is 0.0271. The lowest BCUT2D eigenvalue weighted by atomic mass is 10.00. The fourth-order valence-electron chi connectivity index (χ4n) is 3.60. The van der Waals surface area contributed by atoms with Crippen LogP contribution >= 0.6 is 0 Å². The van der Waals surface area contributed by atoms with E-state index in [9.17, 15) is 9.90 Å². The van der Waals surface area contributed by atoms with Gasteiger partial charge >= 0.3 is 5.97 Å². The third-order valence-electron chi connectivity index (χ3n) is 4.54. The Morgan fingerprint density at radius 2 is 2.10 bits per heavy atom. The normalized spacial score (nSPS) is 29.6. The highest BCUT2D eigenvalue weighted by molar-refractivity contribution is 5.87. The number of piperidine rings is 1.